The number of fused-ring (bicyclic) bond motifs is 5. The van der Waals surface area contributed by atoms with E-state index in [1.807, 2.05) is 18.2 Å². The summed E-state index contributed by atoms with van der Waals surface area (Å²) in [5.41, 5.74) is 5.36. The number of hydrogen-bond donors (Lipinski definition) is 0. The molecule has 0 spiro atoms. The van der Waals surface area contributed by atoms with E-state index >= 15 is 0 Å². The number of aromatic nitrogens is 2. The third kappa shape index (κ3) is 2.43. The van der Waals surface area contributed by atoms with Gasteiger partial charge in [-0.15, -0.1) is 11.3 Å². The number of carbonyl (C=O) groups excluding carboxylic acids is 1. The first-order valence-corrected chi connectivity index (χ1v) is 9.46. The molecular weight excluding hydrogens is 356 g/mol. The van der Waals surface area contributed by atoms with E-state index in [0.717, 1.165) is 32.6 Å². The molecule has 132 valence electrons. The van der Waals surface area contributed by atoms with Crippen molar-refractivity contribution in [2.75, 3.05) is 7.11 Å². The Morgan fingerprint density at radius 2 is 1.85 bits per heavy atom. The van der Waals surface area contributed by atoms with Crippen molar-refractivity contribution in [3.8, 4) is 10.6 Å². The van der Waals surface area contributed by atoms with Crippen LogP contribution in [-0.2, 0) is 4.74 Å². The number of carbonyl (C=O) groups is 1. The van der Waals surface area contributed by atoms with E-state index in [1.165, 1.54) is 17.4 Å². The molecule has 0 saturated carbocycles. The highest BCUT2D eigenvalue weighted by atomic mass is 32.1. The lowest BCUT2D eigenvalue weighted by Crippen LogP contribution is -2.02. The van der Waals surface area contributed by atoms with Crippen LogP contribution in [-0.4, -0.2) is 22.5 Å². The van der Waals surface area contributed by atoms with Gasteiger partial charge in [0.25, 0.3) is 0 Å². The molecule has 0 aliphatic carbocycles. The third-order valence-electron chi connectivity index (χ3n) is 4.80. The number of ether oxygens (including phenoxy) is 1. The minimum atomic E-state index is -0.357. The Hall–Kier alpha value is -3.18. The summed E-state index contributed by atoms with van der Waals surface area (Å²) in [6, 6.07) is 20.2. The molecule has 0 bridgehead atoms. The van der Waals surface area contributed by atoms with Crippen molar-refractivity contribution in [3.63, 3.8) is 0 Å². The summed E-state index contributed by atoms with van der Waals surface area (Å²) in [6.07, 6.45) is 0. The van der Waals surface area contributed by atoms with Crippen LogP contribution < -0.4 is 0 Å². The van der Waals surface area contributed by atoms with Crippen molar-refractivity contribution in [2.45, 2.75) is 6.92 Å². The first-order chi connectivity index (χ1) is 13.2. The smallest absolute Gasteiger partial charge is 0.337 e. The molecule has 4 nitrogen and oxygen atoms in total. The van der Waals surface area contributed by atoms with E-state index in [2.05, 4.69) is 41.7 Å². The minimum absolute atomic E-state index is 0.357. The summed E-state index contributed by atoms with van der Waals surface area (Å²) in [5.74, 6) is -0.357. The second-order valence-corrected chi connectivity index (χ2v) is 7.78. The Kier molecular flexibility index (Phi) is 3.52. The Morgan fingerprint density at radius 1 is 1.00 bits per heavy atom. The third-order valence-corrected chi connectivity index (χ3v) is 5.80. The molecule has 27 heavy (non-hydrogen) atoms. The summed E-state index contributed by atoms with van der Waals surface area (Å²) in [6.45, 7) is 2.09. The van der Waals surface area contributed by atoms with E-state index in [4.69, 9.17) is 9.72 Å². The maximum atomic E-state index is 12.0. The minimum Gasteiger partial charge on any atom is -0.465 e. The first kappa shape index (κ1) is 16.0. The number of nitrogens with zero attached hydrogens (tertiary/aromatic N) is 2. The molecule has 0 fully saturated rings. The van der Waals surface area contributed by atoms with Gasteiger partial charge in [0.2, 0.25) is 0 Å². The summed E-state index contributed by atoms with van der Waals surface area (Å²) in [5, 5.41) is 1.17. The molecule has 3 heterocycles. The number of para-hydroxylation sites is 1. The van der Waals surface area contributed by atoms with Gasteiger partial charge in [-0.2, -0.15) is 0 Å². The van der Waals surface area contributed by atoms with Crippen molar-refractivity contribution in [3.05, 3.63) is 71.1 Å². The molecular formula is C22H16N2O2S. The van der Waals surface area contributed by atoms with Gasteiger partial charge in [-0.3, -0.25) is 0 Å². The Balaban J connectivity index is 1.95. The van der Waals surface area contributed by atoms with E-state index in [-0.39, 0.29) is 5.97 Å². The van der Waals surface area contributed by atoms with Crippen LogP contribution in [0.2, 0.25) is 0 Å². The number of methoxy groups -OCH3 is 1. The Morgan fingerprint density at radius 3 is 2.63 bits per heavy atom. The standard InChI is InChI=1S/C22H16N2O2S/c1-13-7-10-20(27-13)21-19-12-14-5-3-4-6-17(14)24(19)18-9-8-15(22(25)26-2)11-16(18)23-21/h3-12H,1-2H3. The van der Waals surface area contributed by atoms with Crippen molar-refractivity contribution in [2.24, 2.45) is 0 Å². The van der Waals surface area contributed by atoms with Crippen LogP contribution in [0.3, 0.4) is 0 Å². The van der Waals surface area contributed by atoms with Crippen LogP contribution in [0.1, 0.15) is 15.2 Å². The Labute approximate surface area is 159 Å². The fourth-order valence-electron chi connectivity index (χ4n) is 3.56. The van der Waals surface area contributed by atoms with Crippen LogP contribution in [0.25, 0.3) is 38.0 Å². The molecule has 0 saturated heterocycles. The van der Waals surface area contributed by atoms with Gasteiger partial charge in [0, 0.05) is 10.3 Å². The van der Waals surface area contributed by atoms with Gasteiger partial charge in [0.15, 0.2) is 0 Å². The van der Waals surface area contributed by atoms with E-state index < -0.39 is 0 Å². The molecule has 0 aliphatic heterocycles. The lowest BCUT2D eigenvalue weighted by atomic mass is 10.1. The molecule has 5 heteroatoms. The highest BCUT2D eigenvalue weighted by molar-refractivity contribution is 7.15. The SMILES string of the molecule is COC(=O)c1ccc2c(c1)nc(-c1ccc(C)s1)c1cc3ccccc3n12. The molecule has 0 unspecified atom stereocenters. The molecule has 0 aliphatic rings. The zero-order valence-electron chi connectivity index (χ0n) is 14.9. The first-order valence-electron chi connectivity index (χ1n) is 8.65. The number of rotatable bonds is 2. The van der Waals surface area contributed by atoms with Crippen LogP contribution >= 0.6 is 11.3 Å². The molecule has 0 N–H and O–H groups in total. The topological polar surface area (TPSA) is 43.6 Å². The fourth-order valence-corrected chi connectivity index (χ4v) is 4.42. The van der Waals surface area contributed by atoms with Crippen LogP contribution in [0, 0.1) is 6.92 Å². The Bertz CT molecular complexity index is 1350. The monoisotopic (exact) mass is 372 g/mol. The summed E-state index contributed by atoms with van der Waals surface area (Å²) < 4.78 is 7.10. The number of benzene rings is 2. The highest BCUT2D eigenvalue weighted by Gasteiger charge is 2.16. The van der Waals surface area contributed by atoms with E-state index in [9.17, 15) is 4.79 Å². The number of thiophene rings is 1. The van der Waals surface area contributed by atoms with Gasteiger partial charge < -0.3 is 9.14 Å². The highest BCUT2D eigenvalue weighted by Crippen LogP contribution is 2.35. The zero-order chi connectivity index (χ0) is 18.5. The predicted molar refractivity (Wildman–Crippen MR) is 110 cm³/mol. The summed E-state index contributed by atoms with van der Waals surface area (Å²) in [4.78, 5) is 19.3. The summed E-state index contributed by atoms with van der Waals surface area (Å²) >= 11 is 1.72. The lowest BCUT2D eigenvalue weighted by molar-refractivity contribution is 0.0601. The normalized spacial score (nSPS) is 11.5. The maximum Gasteiger partial charge on any atom is 0.337 e. The quantitative estimate of drug-likeness (QED) is 0.386. The van der Waals surface area contributed by atoms with Gasteiger partial charge in [0.1, 0.15) is 5.69 Å². The van der Waals surface area contributed by atoms with Crippen molar-refractivity contribution < 1.29 is 9.53 Å². The zero-order valence-corrected chi connectivity index (χ0v) is 15.7. The average molecular weight is 372 g/mol. The second-order valence-electron chi connectivity index (χ2n) is 6.49. The number of aryl methyl sites for hydroxylation is 1. The fraction of sp³-hybridized carbons (Fsp3) is 0.0909. The second kappa shape index (κ2) is 5.93. The van der Waals surface area contributed by atoms with E-state index in [0.29, 0.717) is 5.56 Å². The van der Waals surface area contributed by atoms with Gasteiger partial charge in [-0.1, -0.05) is 18.2 Å². The molecule has 0 amide bonds. The van der Waals surface area contributed by atoms with Crippen LogP contribution in [0.4, 0.5) is 0 Å². The van der Waals surface area contributed by atoms with Crippen LogP contribution in [0.15, 0.2) is 60.7 Å². The van der Waals surface area contributed by atoms with Crippen LogP contribution in [0.5, 0.6) is 0 Å². The molecule has 5 rings (SSSR count). The molecule has 0 radical (unpaired) electrons. The van der Waals surface area contributed by atoms with Crippen molar-refractivity contribution in [1.29, 1.82) is 0 Å². The maximum absolute atomic E-state index is 12.0. The largest absolute Gasteiger partial charge is 0.465 e. The van der Waals surface area contributed by atoms with Gasteiger partial charge in [0.05, 0.1) is 39.6 Å². The van der Waals surface area contributed by atoms with Crippen molar-refractivity contribution >= 4 is 44.8 Å². The molecule has 2 aromatic carbocycles. The lowest BCUT2D eigenvalue weighted by Gasteiger charge is -2.09. The molecule has 0 atom stereocenters. The van der Waals surface area contributed by atoms with Gasteiger partial charge in [-0.05, 0) is 49.4 Å². The number of hydrogen-bond acceptors (Lipinski definition) is 4. The van der Waals surface area contributed by atoms with Crippen molar-refractivity contribution in [1.82, 2.24) is 9.38 Å². The summed E-state index contributed by atoms with van der Waals surface area (Å²) in [7, 11) is 1.39. The van der Waals surface area contributed by atoms with Gasteiger partial charge >= 0.3 is 5.97 Å². The predicted octanol–water partition coefficient (Wildman–Crippen LogP) is 5.46. The molecule has 5 aromatic rings. The molecule has 3 aromatic heterocycles. The van der Waals surface area contributed by atoms with Gasteiger partial charge in [-0.25, -0.2) is 9.78 Å². The van der Waals surface area contributed by atoms with E-state index in [1.54, 1.807) is 23.5 Å². The number of esters is 1. The average Bonchev–Trinajstić information content (AvgIpc) is 3.30.